The Hall–Kier alpha value is -1.06. The van der Waals surface area contributed by atoms with Crippen LogP contribution in [-0.2, 0) is 4.79 Å². The van der Waals surface area contributed by atoms with Crippen molar-refractivity contribution in [3.63, 3.8) is 0 Å². The summed E-state index contributed by atoms with van der Waals surface area (Å²) in [4.78, 5) is 14.7. The minimum atomic E-state index is -0.110. The van der Waals surface area contributed by atoms with E-state index in [0.717, 1.165) is 19.4 Å². The Labute approximate surface area is 134 Å². The van der Waals surface area contributed by atoms with E-state index in [0.29, 0.717) is 0 Å². The van der Waals surface area contributed by atoms with E-state index in [1.54, 1.807) is 0 Å². The minimum Gasteiger partial charge on any atom is -0.335 e. The highest BCUT2D eigenvalue weighted by molar-refractivity contribution is 5.85. The molecule has 2 rings (SSSR count). The lowest BCUT2D eigenvalue weighted by Gasteiger charge is -2.30. The number of nitrogens with zero attached hydrogens (tertiary/aromatic N) is 1. The van der Waals surface area contributed by atoms with Crippen molar-refractivity contribution in [3.05, 3.63) is 34.9 Å². The number of amides is 1. The van der Waals surface area contributed by atoms with Crippen LogP contribution in [0.15, 0.2) is 18.2 Å². The largest absolute Gasteiger partial charge is 0.335 e. The molecule has 1 heterocycles. The van der Waals surface area contributed by atoms with Gasteiger partial charge in [-0.2, -0.15) is 0 Å². The highest BCUT2D eigenvalue weighted by atomic mass is 35.5. The van der Waals surface area contributed by atoms with Crippen LogP contribution in [0, 0.1) is 19.8 Å². The fraction of sp³-hybridized carbons (Fsp3) is 0.588. The standard InChI is InChI=1S/C17H26N2O.ClH/c1-11-7-5-8-15(12(11)2)16-9-6-10-19(16)17(20)13(3)14(4)18;/h5,7-8,13-14,16H,6,9-10,18H2,1-4H3;1H. The summed E-state index contributed by atoms with van der Waals surface area (Å²) in [6, 6.07) is 6.51. The molecule has 1 aliphatic rings. The summed E-state index contributed by atoms with van der Waals surface area (Å²) < 4.78 is 0. The van der Waals surface area contributed by atoms with Gasteiger partial charge in [0.2, 0.25) is 5.91 Å². The van der Waals surface area contributed by atoms with Crippen LogP contribution in [0.4, 0.5) is 0 Å². The Balaban J connectivity index is 0.00000220. The molecule has 1 aliphatic heterocycles. The monoisotopic (exact) mass is 310 g/mol. The van der Waals surface area contributed by atoms with E-state index in [9.17, 15) is 4.79 Å². The second-order valence-corrected chi connectivity index (χ2v) is 6.13. The molecule has 3 nitrogen and oxygen atoms in total. The third-order valence-electron chi connectivity index (χ3n) is 4.72. The highest BCUT2D eigenvalue weighted by Crippen LogP contribution is 2.35. The molecule has 0 radical (unpaired) electrons. The summed E-state index contributed by atoms with van der Waals surface area (Å²) in [5.41, 5.74) is 9.80. The van der Waals surface area contributed by atoms with E-state index in [4.69, 9.17) is 5.73 Å². The predicted octanol–water partition coefficient (Wildman–Crippen LogP) is 3.37. The average molecular weight is 311 g/mol. The van der Waals surface area contributed by atoms with Crippen LogP contribution in [0.25, 0.3) is 0 Å². The average Bonchev–Trinajstić information content (AvgIpc) is 2.89. The van der Waals surface area contributed by atoms with E-state index in [-0.39, 0.29) is 36.3 Å². The van der Waals surface area contributed by atoms with Crippen LogP contribution >= 0.6 is 12.4 Å². The van der Waals surface area contributed by atoms with Gasteiger partial charge in [0, 0.05) is 12.6 Å². The number of rotatable bonds is 3. The zero-order valence-corrected chi connectivity index (χ0v) is 14.2. The van der Waals surface area contributed by atoms with Crippen LogP contribution in [0.1, 0.15) is 49.4 Å². The number of carbonyl (C=O) groups is 1. The Kier molecular flexibility index (Phi) is 6.24. The van der Waals surface area contributed by atoms with Crippen molar-refractivity contribution in [2.45, 2.75) is 52.6 Å². The molecule has 2 N–H and O–H groups in total. The van der Waals surface area contributed by atoms with Gasteiger partial charge >= 0.3 is 0 Å². The first-order chi connectivity index (χ1) is 9.43. The first-order valence-electron chi connectivity index (χ1n) is 7.55. The molecule has 0 spiro atoms. The first-order valence-corrected chi connectivity index (χ1v) is 7.55. The van der Waals surface area contributed by atoms with Crippen molar-refractivity contribution in [1.29, 1.82) is 0 Å². The number of carbonyl (C=O) groups excluding carboxylic acids is 1. The smallest absolute Gasteiger partial charge is 0.227 e. The zero-order chi connectivity index (χ0) is 14.9. The Morgan fingerprint density at radius 3 is 2.62 bits per heavy atom. The van der Waals surface area contributed by atoms with Gasteiger partial charge < -0.3 is 10.6 Å². The van der Waals surface area contributed by atoms with Crippen LogP contribution in [0.5, 0.6) is 0 Å². The molecule has 118 valence electrons. The van der Waals surface area contributed by atoms with Crippen LogP contribution in [0.2, 0.25) is 0 Å². The third kappa shape index (κ3) is 3.58. The number of benzene rings is 1. The fourth-order valence-electron chi connectivity index (χ4n) is 2.98. The lowest BCUT2D eigenvalue weighted by Crippen LogP contribution is -2.41. The molecule has 21 heavy (non-hydrogen) atoms. The Morgan fingerprint density at radius 1 is 1.33 bits per heavy atom. The first kappa shape index (κ1) is 18.0. The maximum Gasteiger partial charge on any atom is 0.227 e. The van der Waals surface area contributed by atoms with Crippen LogP contribution in [-0.4, -0.2) is 23.4 Å². The van der Waals surface area contributed by atoms with Crippen LogP contribution < -0.4 is 5.73 Å². The zero-order valence-electron chi connectivity index (χ0n) is 13.4. The lowest BCUT2D eigenvalue weighted by atomic mass is 9.95. The summed E-state index contributed by atoms with van der Waals surface area (Å²) in [5.74, 6) is 0.0871. The molecular weight excluding hydrogens is 284 g/mol. The van der Waals surface area contributed by atoms with Gasteiger partial charge in [-0.3, -0.25) is 4.79 Å². The summed E-state index contributed by atoms with van der Waals surface area (Å²) in [6.07, 6.45) is 2.14. The molecule has 1 fully saturated rings. The molecule has 0 aliphatic carbocycles. The summed E-state index contributed by atoms with van der Waals surface area (Å²) in [6.45, 7) is 8.98. The lowest BCUT2D eigenvalue weighted by molar-refractivity contribution is -0.136. The number of nitrogens with two attached hydrogens (primary N) is 1. The minimum absolute atomic E-state index is 0. The van der Waals surface area contributed by atoms with Gasteiger partial charge in [-0.1, -0.05) is 25.1 Å². The molecule has 3 atom stereocenters. The molecule has 1 aromatic rings. The number of halogens is 1. The van der Waals surface area contributed by atoms with Crippen molar-refractivity contribution < 1.29 is 4.79 Å². The number of hydrogen-bond acceptors (Lipinski definition) is 2. The van der Waals surface area contributed by atoms with E-state index in [2.05, 4.69) is 32.0 Å². The molecule has 4 heteroatoms. The Morgan fingerprint density at radius 2 is 2.00 bits per heavy atom. The van der Waals surface area contributed by atoms with Crippen molar-refractivity contribution in [2.75, 3.05) is 6.54 Å². The van der Waals surface area contributed by atoms with Crippen molar-refractivity contribution in [3.8, 4) is 0 Å². The van der Waals surface area contributed by atoms with Crippen molar-refractivity contribution in [1.82, 2.24) is 4.90 Å². The van der Waals surface area contributed by atoms with Gasteiger partial charge in [-0.25, -0.2) is 0 Å². The number of likely N-dealkylation sites (tertiary alicyclic amines) is 1. The molecule has 1 amide bonds. The summed E-state index contributed by atoms with van der Waals surface area (Å²) in [5, 5.41) is 0. The van der Waals surface area contributed by atoms with Crippen molar-refractivity contribution in [2.24, 2.45) is 11.7 Å². The molecular formula is C17H27ClN2O. The quantitative estimate of drug-likeness (QED) is 0.930. The second kappa shape index (κ2) is 7.28. The van der Waals surface area contributed by atoms with Crippen molar-refractivity contribution >= 4 is 18.3 Å². The highest BCUT2D eigenvalue weighted by Gasteiger charge is 2.34. The molecule has 3 unspecified atom stereocenters. The summed E-state index contributed by atoms with van der Waals surface area (Å²) in [7, 11) is 0. The SMILES string of the molecule is Cc1cccc(C2CCCN2C(=O)C(C)C(C)N)c1C.Cl. The van der Waals surface area contributed by atoms with Crippen LogP contribution in [0.3, 0.4) is 0 Å². The second-order valence-electron chi connectivity index (χ2n) is 6.13. The molecule has 0 aromatic heterocycles. The van der Waals surface area contributed by atoms with Gasteiger partial charge in [-0.05, 0) is 50.3 Å². The third-order valence-corrected chi connectivity index (χ3v) is 4.72. The number of aryl methyl sites for hydroxylation is 1. The van der Waals surface area contributed by atoms with Gasteiger partial charge in [0.25, 0.3) is 0 Å². The molecule has 1 aromatic carbocycles. The normalized spacial score (nSPS) is 20.8. The maximum atomic E-state index is 12.6. The molecule has 0 bridgehead atoms. The fourth-order valence-corrected chi connectivity index (χ4v) is 2.98. The van der Waals surface area contributed by atoms with E-state index in [1.807, 2.05) is 18.7 Å². The molecule has 1 saturated heterocycles. The van der Waals surface area contributed by atoms with Gasteiger partial charge in [0.15, 0.2) is 0 Å². The maximum absolute atomic E-state index is 12.6. The predicted molar refractivity (Wildman–Crippen MR) is 89.7 cm³/mol. The van der Waals surface area contributed by atoms with E-state index < -0.39 is 0 Å². The van der Waals surface area contributed by atoms with Gasteiger partial charge in [0.1, 0.15) is 0 Å². The van der Waals surface area contributed by atoms with Gasteiger partial charge in [0.05, 0.1) is 12.0 Å². The molecule has 0 saturated carbocycles. The topological polar surface area (TPSA) is 46.3 Å². The number of hydrogen-bond donors (Lipinski definition) is 1. The summed E-state index contributed by atoms with van der Waals surface area (Å²) >= 11 is 0. The Bertz CT molecular complexity index is 502. The van der Waals surface area contributed by atoms with E-state index in [1.165, 1.54) is 16.7 Å². The van der Waals surface area contributed by atoms with E-state index >= 15 is 0 Å². The van der Waals surface area contributed by atoms with Gasteiger partial charge in [-0.15, -0.1) is 12.4 Å².